The number of piperidine rings is 1. The summed E-state index contributed by atoms with van der Waals surface area (Å²) in [5, 5.41) is 25.9. The van der Waals surface area contributed by atoms with E-state index in [0.717, 1.165) is 18.7 Å². The summed E-state index contributed by atoms with van der Waals surface area (Å²) >= 11 is 20.0. The van der Waals surface area contributed by atoms with Crippen LogP contribution in [0.2, 0.25) is 10.0 Å². The van der Waals surface area contributed by atoms with Gasteiger partial charge < -0.3 is 19.9 Å². The quantitative estimate of drug-likeness (QED) is 0.188. The molecule has 49 heavy (non-hydrogen) atoms. The molecule has 6 fully saturated rings. The summed E-state index contributed by atoms with van der Waals surface area (Å²) in [4.78, 5) is 20.4. The smallest absolute Gasteiger partial charge is 0.261 e. The van der Waals surface area contributed by atoms with Gasteiger partial charge in [0, 0.05) is 63.9 Å². The van der Waals surface area contributed by atoms with Crippen molar-refractivity contribution in [3.8, 4) is 17.2 Å². The van der Waals surface area contributed by atoms with Crippen molar-refractivity contribution in [1.82, 2.24) is 19.8 Å². The number of aliphatic hydroxyl groups is 1. The van der Waals surface area contributed by atoms with Gasteiger partial charge in [0.05, 0.1) is 45.5 Å². The molecule has 10 rings (SSSR count). The van der Waals surface area contributed by atoms with E-state index in [4.69, 9.17) is 39.8 Å². The molecular formula is C37H34Cl3F2N5O2. The van der Waals surface area contributed by atoms with Gasteiger partial charge in [-0.05, 0) is 75.1 Å². The van der Waals surface area contributed by atoms with Crippen molar-refractivity contribution in [2.75, 3.05) is 6.54 Å². The fraction of sp³-hybridized carbons (Fsp3) is 0.486. The average Bonchev–Trinajstić information content (AvgIpc) is 3.62. The van der Waals surface area contributed by atoms with Gasteiger partial charge in [-0.1, -0.05) is 35.3 Å². The third-order valence-electron chi connectivity index (χ3n) is 11.9. The lowest BCUT2D eigenvalue weighted by Gasteiger charge is -2.42. The van der Waals surface area contributed by atoms with Gasteiger partial charge in [0.25, 0.3) is 5.91 Å². The highest BCUT2D eigenvalue weighted by Gasteiger charge is 2.62. The highest BCUT2D eigenvalue weighted by molar-refractivity contribution is 6.43. The van der Waals surface area contributed by atoms with Crippen molar-refractivity contribution in [2.24, 2.45) is 11.8 Å². The van der Waals surface area contributed by atoms with Gasteiger partial charge in [0.1, 0.15) is 5.52 Å². The Morgan fingerprint density at radius 3 is 2.69 bits per heavy atom. The van der Waals surface area contributed by atoms with E-state index in [9.17, 15) is 15.2 Å². The topological polar surface area (TPSA) is 94.2 Å². The second kappa shape index (κ2) is 11.2. The van der Waals surface area contributed by atoms with E-state index in [1.165, 1.54) is 0 Å². The summed E-state index contributed by atoms with van der Waals surface area (Å²) in [6.45, 7) is 2.43. The van der Waals surface area contributed by atoms with Crippen LogP contribution in [0.15, 0.2) is 30.3 Å². The Balaban J connectivity index is 1.36. The molecule has 3 aliphatic heterocycles. The first-order valence-electron chi connectivity index (χ1n) is 17.1. The second-order valence-electron chi connectivity index (χ2n) is 14.7. The van der Waals surface area contributed by atoms with Crippen LogP contribution in [0.25, 0.3) is 32.9 Å². The van der Waals surface area contributed by atoms with Crippen molar-refractivity contribution in [1.29, 1.82) is 5.26 Å². The van der Waals surface area contributed by atoms with Crippen LogP contribution in [-0.2, 0) is 11.2 Å². The first kappa shape index (κ1) is 31.9. The monoisotopic (exact) mass is 723 g/mol. The van der Waals surface area contributed by atoms with E-state index < -0.39 is 29.5 Å². The molecule has 3 saturated heterocycles. The molecule has 0 unspecified atom stereocenters. The number of carbonyl (C=O) groups excluding carboxylic acids is 1. The molecule has 3 saturated carbocycles. The zero-order valence-corrected chi connectivity index (χ0v) is 29.0. The minimum absolute atomic E-state index is 0.00210. The molecule has 2 N–H and O–H groups in total. The molecule has 3 aliphatic carbocycles. The number of halogens is 5. The fourth-order valence-electron chi connectivity index (χ4n) is 9.45. The van der Waals surface area contributed by atoms with Crippen molar-refractivity contribution in [3.05, 3.63) is 63.1 Å². The number of nitrogens with zero attached hydrogens (tertiary/aromatic N) is 4. The molecule has 6 aliphatic rings. The SMILES string of the molecule is C[C@@H](O)c1nc2c(F)c(-c3cccc(Cl)c3Cl)c(CCC#N)cc2c2c1cc([C@H]1[C@H]3C[C@H](C[C@H]3Cl)N1C(=O)C1(F)CC1)n2[C@H]1[C@H]2CN[C@@H]1C2. The van der Waals surface area contributed by atoms with Gasteiger partial charge >= 0.3 is 0 Å². The highest BCUT2D eigenvalue weighted by atomic mass is 35.5. The first-order valence-corrected chi connectivity index (χ1v) is 18.3. The Bertz CT molecular complexity index is 2110. The fourth-order valence-corrected chi connectivity index (χ4v) is 10.3. The molecule has 2 aromatic carbocycles. The number of nitrogens with one attached hydrogen (secondary N) is 1. The molecule has 2 aromatic heterocycles. The molecular weight excluding hydrogens is 691 g/mol. The number of carbonyl (C=O) groups is 1. The number of hydrogen-bond donors (Lipinski definition) is 2. The van der Waals surface area contributed by atoms with E-state index in [1.807, 2.05) is 12.1 Å². The van der Waals surface area contributed by atoms with E-state index in [2.05, 4.69) is 16.0 Å². The van der Waals surface area contributed by atoms with Crippen LogP contribution in [0.4, 0.5) is 8.78 Å². The van der Waals surface area contributed by atoms with Crippen LogP contribution in [0.3, 0.4) is 0 Å². The van der Waals surface area contributed by atoms with Crippen LogP contribution in [0, 0.1) is 29.0 Å². The number of benzene rings is 2. The standard InChI is InChI=1S/C37H34Cl3F2N5O2/c1-16(48)31-23-14-27(35-21-12-19(13-25(21)39)46(35)36(49)37(42)7-8-37)47(33-18-11-26(33)44-15-18)34(23)22-10-17(4-3-9-43)28(30(41)32(22)45-31)20-5-2-6-24(38)29(20)40/h2,5-6,10,14,16,18-19,21,25-26,33,35,44,48H,3-4,7-8,11-13,15H2,1H3/t16-,18-,19-,21+,25-,26-,33+,35-/m1/s1. The third-order valence-corrected chi connectivity index (χ3v) is 13.2. The number of aryl methyl sites for hydroxylation is 1. The van der Waals surface area contributed by atoms with Gasteiger partial charge in [-0.15, -0.1) is 11.6 Å². The second-order valence-corrected chi connectivity index (χ2v) is 16.0. The maximum absolute atomic E-state index is 17.2. The zero-order valence-electron chi connectivity index (χ0n) is 26.7. The Kier molecular flexibility index (Phi) is 7.33. The van der Waals surface area contributed by atoms with E-state index in [0.29, 0.717) is 51.9 Å². The summed E-state index contributed by atoms with van der Waals surface area (Å²) in [5.41, 5.74) is 1.26. The van der Waals surface area contributed by atoms with E-state index in [-0.39, 0.29) is 76.2 Å². The number of nitriles is 1. The predicted molar refractivity (Wildman–Crippen MR) is 185 cm³/mol. The molecule has 12 heteroatoms. The van der Waals surface area contributed by atoms with Crippen LogP contribution >= 0.6 is 34.8 Å². The number of pyridine rings is 1. The lowest BCUT2D eigenvalue weighted by Crippen LogP contribution is -2.48. The molecule has 0 spiro atoms. The number of rotatable bonds is 7. The molecule has 254 valence electrons. The Labute approximate surface area is 297 Å². The molecule has 7 nitrogen and oxygen atoms in total. The number of amides is 1. The normalized spacial score (nSPS) is 29.8. The summed E-state index contributed by atoms with van der Waals surface area (Å²) in [7, 11) is 0. The Morgan fingerprint density at radius 2 is 2.02 bits per heavy atom. The number of fused-ring (bicyclic) bond motifs is 6. The third kappa shape index (κ3) is 4.57. The molecule has 4 aromatic rings. The molecule has 1 amide bonds. The highest BCUT2D eigenvalue weighted by Crippen LogP contribution is 2.58. The minimum atomic E-state index is -1.84. The van der Waals surface area contributed by atoms with Crippen molar-refractivity contribution in [3.63, 3.8) is 0 Å². The van der Waals surface area contributed by atoms with Crippen molar-refractivity contribution >= 4 is 62.5 Å². The number of aromatic nitrogens is 2. The lowest BCUT2D eigenvalue weighted by atomic mass is 9.79. The van der Waals surface area contributed by atoms with Crippen LogP contribution < -0.4 is 5.32 Å². The Morgan fingerprint density at radius 1 is 1.22 bits per heavy atom. The first-order chi connectivity index (χ1) is 23.5. The average molecular weight is 725 g/mol. The van der Waals surface area contributed by atoms with Crippen molar-refractivity contribution < 1.29 is 18.7 Å². The van der Waals surface area contributed by atoms with Crippen LogP contribution in [0.5, 0.6) is 0 Å². The van der Waals surface area contributed by atoms with Gasteiger partial charge in [0.15, 0.2) is 11.5 Å². The molecule has 0 radical (unpaired) electrons. The maximum Gasteiger partial charge on any atom is 0.261 e. The zero-order chi connectivity index (χ0) is 34.1. The number of alkyl halides is 2. The van der Waals surface area contributed by atoms with Gasteiger partial charge in [-0.25, -0.2) is 13.8 Å². The van der Waals surface area contributed by atoms with Gasteiger partial charge in [-0.3, -0.25) is 4.79 Å². The Hall–Kier alpha value is -3.00. The van der Waals surface area contributed by atoms with Crippen molar-refractivity contribution in [2.45, 2.75) is 93.2 Å². The summed E-state index contributed by atoms with van der Waals surface area (Å²) in [5.74, 6) is -0.865. The van der Waals surface area contributed by atoms with Crippen LogP contribution in [-0.4, -0.2) is 55.1 Å². The largest absolute Gasteiger partial charge is 0.387 e. The van der Waals surface area contributed by atoms with Gasteiger partial charge in [0.2, 0.25) is 0 Å². The summed E-state index contributed by atoms with van der Waals surface area (Å²) < 4.78 is 35.1. The summed E-state index contributed by atoms with van der Waals surface area (Å²) in [6, 6.07) is 10.6. The maximum atomic E-state index is 17.2. The number of likely N-dealkylation sites (tertiary alicyclic amines) is 1. The molecule has 4 bridgehead atoms. The number of aliphatic hydroxyl groups excluding tert-OH is 1. The molecule has 5 heterocycles. The van der Waals surface area contributed by atoms with E-state index >= 15 is 8.78 Å². The lowest BCUT2D eigenvalue weighted by molar-refractivity contribution is -0.143. The summed E-state index contributed by atoms with van der Waals surface area (Å²) in [6.07, 6.45) is 2.09. The predicted octanol–water partition coefficient (Wildman–Crippen LogP) is 8.12. The molecule has 8 atom stereocenters. The van der Waals surface area contributed by atoms with Gasteiger partial charge in [-0.2, -0.15) is 5.26 Å². The minimum Gasteiger partial charge on any atom is -0.387 e. The van der Waals surface area contributed by atoms with Crippen LogP contribution in [0.1, 0.15) is 80.6 Å². The van der Waals surface area contributed by atoms with E-state index in [1.54, 1.807) is 30.0 Å². The number of hydrogen-bond acceptors (Lipinski definition) is 5.